The molecule has 3 aromatic rings. The van der Waals surface area contributed by atoms with Crippen molar-refractivity contribution in [3.05, 3.63) is 59.4 Å². The standard InChI is InChI=1S/C16H14ClN3O2/c1-21-14-7-2-4-11(8-14)16-19-15(22-20-16)10-18-13-6-3-5-12(17)9-13/h2-9,18H,10H2,1H3. The molecule has 0 saturated heterocycles. The van der Waals surface area contributed by atoms with E-state index in [0.717, 1.165) is 17.0 Å². The summed E-state index contributed by atoms with van der Waals surface area (Å²) >= 11 is 5.94. The number of rotatable bonds is 5. The first-order valence-corrected chi connectivity index (χ1v) is 7.09. The molecule has 0 saturated carbocycles. The fourth-order valence-corrected chi connectivity index (χ4v) is 2.17. The zero-order valence-corrected chi connectivity index (χ0v) is 12.7. The van der Waals surface area contributed by atoms with Crippen LogP contribution >= 0.6 is 11.6 Å². The Bertz CT molecular complexity index is 773. The average molecular weight is 316 g/mol. The molecule has 0 atom stereocenters. The summed E-state index contributed by atoms with van der Waals surface area (Å²) in [5.74, 6) is 1.78. The number of methoxy groups -OCH3 is 1. The number of nitrogens with one attached hydrogen (secondary N) is 1. The van der Waals surface area contributed by atoms with Crippen LogP contribution in [0.3, 0.4) is 0 Å². The maximum atomic E-state index is 5.94. The van der Waals surface area contributed by atoms with Gasteiger partial charge in [-0.3, -0.25) is 0 Å². The third kappa shape index (κ3) is 3.38. The second-order valence-electron chi connectivity index (χ2n) is 4.61. The minimum Gasteiger partial charge on any atom is -0.497 e. The Morgan fingerprint density at radius 1 is 1.18 bits per heavy atom. The number of nitrogens with zero attached hydrogens (tertiary/aromatic N) is 2. The third-order valence-electron chi connectivity index (χ3n) is 3.06. The molecule has 6 heteroatoms. The van der Waals surface area contributed by atoms with Gasteiger partial charge in [-0.1, -0.05) is 35.0 Å². The van der Waals surface area contributed by atoms with Crippen molar-refractivity contribution < 1.29 is 9.26 Å². The lowest BCUT2D eigenvalue weighted by Gasteiger charge is -2.02. The van der Waals surface area contributed by atoms with Gasteiger partial charge in [0.1, 0.15) is 5.75 Å². The first kappa shape index (κ1) is 14.4. The highest BCUT2D eigenvalue weighted by molar-refractivity contribution is 6.30. The molecule has 0 fully saturated rings. The lowest BCUT2D eigenvalue weighted by atomic mass is 10.2. The van der Waals surface area contributed by atoms with Gasteiger partial charge in [0, 0.05) is 16.3 Å². The monoisotopic (exact) mass is 315 g/mol. The van der Waals surface area contributed by atoms with E-state index in [1.165, 1.54) is 0 Å². The fraction of sp³-hybridized carbons (Fsp3) is 0.125. The zero-order chi connectivity index (χ0) is 15.4. The molecule has 0 aliphatic heterocycles. The highest BCUT2D eigenvalue weighted by Gasteiger charge is 2.09. The van der Waals surface area contributed by atoms with Crippen molar-refractivity contribution in [3.8, 4) is 17.1 Å². The molecule has 1 aromatic heterocycles. The van der Waals surface area contributed by atoms with E-state index < -0.39 is 0 Å². The lowest BCUT2D eigenvalue weighted by molar-refractivity contribution is 0.384. The van der Waals surface area contributed by atoms with Crippen LogP contribution in [-0.4, -0.2) is 17.3 Å². The minimum absolute atomic E-state index is 0.428. The Hall–Kier alpha value is -2.53. The van der Waals surface area contributed by atoms with E-state index in [1.54, 1.807) is 7.11 Å². The normalized spacial score (nSPS) is 10.5. The summed E-state index contributed by atoms with van der Waals surface area (Å²) in [6, 6.07) is 15.0. The van der Waals surface area contributed by atoms with Crippen molar-refractivity contribution >= 4 is 17.3 Å². The molecular formula is C16H14ClN3O2. The predicted molar refractivity (Wildman–Crippen MR) is 85.1 cm³/mol. The molecule has 2 aromatic carbocycles. The molecule has 0 bridgehead atoms. The fourth-order valence-electron chi connectivity index (χ4n) is 1.98. The molecule has 1 heterocycles. The number of halogens is 1. The predicted octanol–water partition coefficient (Wildman–Crippen LogP) is 4.01. The molecule has 0 unspecified atom stereocenters. The van der Waals surface area contributed by atoms with Gasteiger partial charge >= 0.3 is 0 Å². The van der Waals surface area contributed by atoms with E-state index in [4.69, 9.17) is 20.9 Å². The quantitative estimate of drug-likeness (QED) is 0.770. The Kier molecular flexibility index (Phi) is 4.25. The number of anilines is 1. The Morgan fingerprint density at radius 3 is 2.86 bits per heavy atom. The van der Waals surface area contributed by atoms with Crippen molar-refractivity contribution in [2.45, 2.75) is 6.54 Å². The maximum absolute atomic E-state index is 5.94. The van der Waals surface area contributed by atoms with Gasteiger partial charge < -0.3 is 14.6 Å². The summed E-state index contributed by atoms with van der Waals surface area (Å²) < 4.78 is 10.4. The molecule has 0 radical (unpaired) electrons. The van der Waals surface area contributed by atoms with Gasteiger partial charge in [0.2, 0.25) is 11.7 Å². The molecule has 22 heavy (non-hydrogen) atoms. The summed E-state index contributed by atoms with van der Waals surface area (Å²) in [7, 11) is 1.62. The first-order valence-electron chi connectivity index (χ1n) is 6.71. The summed E-state index contributed by atoms with van der Waals surface area (Å²) in [4.78, 5) is 4.36. The highest BCUT2D eigenvalue weighted by Crippen LogP contribution is 2.21. The van der Waals surface area contributed by atoms with Gasteiger partial charge in [-0.05, 0) is 30.3 Å². The van der Waals surface area contributed by atoms with Gasteiger partial charge in [-0.15, -0.1) is 0 Å². The second kappa shape index (κ2) is 6.49. The van der Waals surface area contributed by atoms with E-state index in [2.05, 4.69) is 15.5 Å². The summed E-state index contributed by atoms with van der Waals surface area (Å²) in [6.45, 7) is 0.428. The molecule has 5 nitrogen and oxygen atoms in total. The van der Waals surface area contributed by atoms with Crippen LogP contribution in [-0.2, 0) is 6.54 Å². The van der Waals surface area contributed by atoms with Crippen molar-refractivity contribution in [1.29, 1.82) is 0 Å². The molecule has 0 aliphatic rings. The molecular weight excluding hydrogens is 302 g/mol. The van der Waals surface area contributed by atoms with E-state index in [9.17, 15) is 0 Å². The molecule has 3 rings (SSSR count). The molecule has 0 aliphatic carbocycles. The summed E-state index contributed by atoms with van der Waals surface area (Å²) in [5, 5.41) is 7.84. The lowest BCUT2D eigenvalue weighted by Crippen LogP contribution is -1.99. The third-order valence-corrected chi connectivity index (χ3v) is 3.30. The maximum Gasteiger partial charge on any atom is 0.246 e. The zero-order valence-electron chi connectivity index (χ0n) is 11.9. The van der Waals surface area contributed by atoms with Crippen LogP contribution in [0, 0.1) is 0 Å². The smallest absolute Gasteiger partial charge is 0.246 e. The van der Waals surface area contributed by atoms with E-state index in [0.29, 0.717) is 23.3 Å². The largest absolute Gasteiger partial charge is 0.497 e. The van der Waals surface area contributed by atoms with Crippen LogP contribution in [0.1, 0.15) is 5.89 Å². The van der Waals surface area contributed by atoms with Gasteiger partial charge in [-0.2, -0.15) is 4.98 Å². The Labute approximate surface area is 132 Å². The number of hydrogen-bond acceptors (Lipinski definition) is 5. The van der Waals surface area contributed by atoms with Crippen LogP contribution in [0.2, 0.25) is 5.02 Å². The Balaban J connectivity index is 1.71. The van der Waals surface area contributed by atoms with Gasteiger partial charge in [-0.25, -0.2) is 0 Å². The number of benzene rings is 2. The van der Waals surface area contributed by atoms with E-state index in [1.807, 2.05) is 48.5 Å². The van der Waals surface area contributed by atoms with Crippen LogP contribution in [0.15, 0.2) is 53.1 Å². The Morgan fingerprint density at radius 2 is 2.05 bits per heavy atom. The minimum atomic E-state index is 0.428. The first-order chi connectivity index (χ1) is 10.7. The van der Waals surface area contributed by atoms with Crippen LogP contribution in [0.5, 0.6) is 5.75 Å². The SMILES string of the molecule is COc1cccc(-c2noc(CNc3cccc(Cl)c3)n2)c1. The summed E-state index contributed by atoms with van der Waals surface area (Å²) in [5.41, 5.74) is 1.74. The van der Waals surface area contributed by atoms with E-state index >= 15 is 0 Å². The average Bonchev–Trinajstić information content (AvgIpc) is 3.02. The van der Waals surface area contributed by atoms with Crippen molar-refractivity contribution in [3.63, 3.8) is 0 Å². The topological polar surface area (TPSA) is 60.2 Å². The van der Waals surface area contributed by atoms with Crippen LogP contribution in [0.25, 0.3) is 11.4 Å². The van der Waals surface area contributed by atoms with Crippen molar-refractivity contribution in [1.82, 2.24) is 10.1 Å². The van der Waals surface area contributed by atoms with E-state index in [-0.39, 0.29) is 0 Å². The number of ether oxygens (including phenoxy) is 1. The van der Waals surface area contributed by atoms with Gasteiger partial charge in [0.15, 0.2) is 0 Å². The molecule has 0 spiro atoms. The molecule has 1 N–H and O–H groups in total. The van der Waals surface area contributed by atoms with Gasteiger partial charge in [0.25, 0.3) is 0 Å². The second-order valence-corrected chi connectivity index (χ2v) is 5.04. The van der Waals surface area contributed by atoms with Gasteiger partial charge in [0.05, 0.1) is 13.7 Å². The number of hydrogen-bond donors (Lipinski definition) is 1. The molecule has 112 valence electrons. The van der Waals surface area contributed by atoms with Crippen LogP contribution in [0.4, 0.5) is 5.69 Å². The van der Waals surface area contributed by atoms with Crippen molar-refractivity contribution in [2.24, 2.45) is 0 Å². The van der Waals surface area contributed by atoms with Crippen LogP contribution < -0.4 is 10.1 Å². The molecule has 0 amide bonds. The highest BCUT2D eigenvalue weighted by atomic mass is 35.5. The number of aromatic nitrogens is 2. The summed E-state index contributed by atoms with van der Waals surface area (Å²) in [6.07, 6.45) is 0. The van der Waals surface area contributed by atoms with Crippen molar-refractivity contribution in [2.75, 3.05) is 12.4 Å².